The quantitative estimate of drug-likeness (QED) is 0.166. The van der Waals surface area contributed by atoms with Gasteiger partial charge in [0.05, 0.1) is 11.0 Å². The van der Waals surface area contributed by atoms with Crippen molar-refractivity contribution in [1.82, 2.24) is 20.6 Å². The number of hydrogen-bond acceptors (Lipinski definition) is 6. The highest BCUT2D eigenvalue weighted by molar-refractivity contribution is 6.35. The number of amides is 2. The van der Waals surface area contributed by atoms with Crippen LogP contribution in [0.2, 0.25) is 10.0 Å². The fourth-order valence-electron chi connectivity index (χ4n) is 3.79. The number of nitrogens with zero attached hydrogens (tertiary/aromatic N) is 1. The predicted molar refractivity (Wildman–Crippen MR) is 159 cm³/mol. The Hall–Kier alpha value is -3.95. The Labute approximate surface area is 248 Å². The molecule has 0 aliphatic carbocycles. The second-order valence-electron chi connectivity index (χ2n) is 10.2. The summed E-state index contributed by atoms with van der Waals surface area (Å²) in [7, 11) is 0. The van der Waals surface area contributed by atoms with Gasteiger partial charge in [-0.05, 0) is 69.7 Å². The Bertz CT molecular complexity index is 1480. The van der Waals surface area contributed by atoms with Gasteiger partial charge in [-0.1, -0.05) is 41.4 Å². The Balaban J connectivity index is 1.40. The molecule has 0 unspecified atom stereocenters. The van der Waals surface area contributed by atoms with Crippen LogP contribution in [0.3, 0.4) is 0 Å². The zero-order valence-electron chi connectivity index (χ0n) is 23.1. The molecule has 0 aliphatic heterocycles. The van der Waals surface area contributed by atoms with Crippen LogP contribution in [0.25, 0.3) is 11.0 Å². The summed E-state index contributed by atoms with van der Waals surface area (Å²) in [5, 5.41) is 6.51. The summed E-state index contributed by atoms with van der Waals surface area (Å²) in [6.45, 7) is 6.41. The summed E-state index contributed by atoms with van der Waals surface area (Å²) >= 11 is 12.3. The average Bonchev–Trinajstić information content (AvgIpc) is 3.33. The largest absolute Gasteiger partial charge is 0.485 e. The molecular formula is C30H32Cl2N4O5. The van der Waals surface area contributed by atoms with Gasteiger partial charge in [0.1, 0.15) is 24.6 Å². The highest BCUT2D eigenvalue weighted by Crippen LogP contribution is 2.31. The minimum atomic E-state index is -0.571. The third-order valence-electron chi connectivity index (χ3n) is 5.71. The van der Waals surface area contributed by atoms with Crippen molar-refractivity contribution in [3.8, 4) is 11.5 Å². The predicted octanol–water partition coefficient (Wildman–Crippen LogP) is 6.67. The number of alkyl carbamates (subject to hydrolysis) is 1. The number of imidazole rings is 1. The van der Waals surface area contributed by atoms with Crippen LogP contribution in [-0.4, -0.2) is 40.7 Å². The molecule has 0 saturated carbocycles. The number of nitrogens with one attached hydrogen (secondary N) is 3. The average molecular weight is 600 g/mol. The fourth-order valence-corrected chi connectivity index (χ4v) is 4.26. The minimum absolute atomic E-state index is 0.137. The van der Waals surface area contributed by atoms with Crippen molar-refractivity contribution in [3.63, 3.8) is 0 Å². The number of aromatic amines is 1. The Kier molecular flexibility index (Phi) is 9.96. The number of hydrogen-bond donors (Lipinski definition) is 3. The van der Waals surface area contributed by atoms with E-state index in [-0.39, 0.29) is 19.1 Å². The van der Waals surface area contributed by atoms with Crippen molar-refractivity contribution in [3.05, 3.63) is 87.7 Å². The first-order valence-corrected chi connectivity index (χ1v) is 13.9. The van der Waals surface area contributed by atoms with Crippen LogP contribution in [0.4, 0.5) is 4.79 Å². The first-order chi connectivity index (χ1) is 19.6. The molecule has 0 fully saturated rings. The van der Waals surface area contributed by atoms with Gasteiger partial charge in [-0.15, -0.1) is 0 Å². The lowest BCUT2D eigenvalue weighted by Crippen LogP contribution is -2.34. The van der Waals surface area contributed by atoms with Gasteiger partial charge >= 0.3 is 6.09 Å². The summed E-state index contributed by atoms with van der Waals surface area (Å²) in [6, 6.07) is 17.8. The number of carbonyl (C=O) groups excluding carboxylic acids is 2. The van der Waals surface area contributed by atoms with Gasteiger partial charge in [-0.2, -0.15) is 0 Å². The second kappa shape index (κ2) is 13.6. The molecule has 1 heterocycles. The number of H-pyrrole nitrogens is 1. The van der Waals surface area contributed by atoms with Crippen LogP contribution in [0, 0.1) is 0 Å². The van der Waals surface area contributed by atoms with Crippen molar-refractivity contribution < 1.29 is 23.8 Å². The lowest BCUT2D eigenvalue weighted by molar-refractivity contribution is 0.0527. The van der Waals surface area contributed by atoms with E-state index in [0.29, 0.717) is 52.4 Å². The number of benzene rings is 3. The molecule has 9 nitrogen and oxygen atoms in total. The molecule has 0 spiro atoms. The Morgan fingerprint density at radius 3 is 2.41 bits per heavy atom. The highest BCUT2D eigenvalue weighted by Gasteiger charge is 2.16. The molecule has 0 aliphatic rings. The van der Waals surface area contributed by atoms with Gasteiger partial charge in [0.2, 0.25) is 0 Å². The lowest BCUT2D eigenvalue weighted by Gasteiger charge is -2.19. The first kappa shape index (κ1) is 30.0. The molecule has 0 radical (unpaired) electrons. The van der Waals surface area contributed by atoms with E-state index < -0.39 is 11.7 Å². The summed E-state index contributed by atoms with van der Waals surface area (Å²) in [6.07, 6.45) is 0.0342. The van der Waals surface area contributed by atoms with E-state index in [1.54, 1.807) is 57.2 Å². The van der Waals surface area contributed by atoms with Gasteiger partial charge in [-0.25, -0.2) is 9.78 Å². The monoisotopic (exact) mass is 598 g/mol. The smallest absolute Gasteiger partial charge is 0.407 e. The van der Waals surface area contributed by atoms with Crippen LogP contribution >= 0.6 is 23.2 Å². The maximum Gasteiger partial charge on any atom is 0.407 e. The van der Waals surface area contributed by atoms with E-state index in [1.807, 2.05) is 24.3 Å². The summed E-state index contributed by atoms with van der Waals surface area (Å²) in [4.78, 5) is 32.4. The number of para-hydroxylation sites is 2. The van der Waals surface area contributed by atoms with E-state index in [2.05, 4.69) is 20.6 Å². The number of fused-ring (bicyclic) bond motifs is 1. The molecule has 4 rings (SSSR count). The van der Waals surface area contributed by atoms with Crippen LogP contribution < -0.4 is 20.1 Å². The van der Waals surface area contributed by atoms with Crippen molar-refractivity contribution in [1.29, 1.82) is 0 Å². The van der Waals surface area contributed by atoms with E-state index in [0.717, 1.165) is 16.6 Å². The van der Waals surface area contributed by atoms with E-state index >= 15 is 0 Å². The molecule has 11 heteroatoms. The molecule has 3 N–H and O–H groups in total. The van der Waals surface area contributed by atoms with Crippen molar-refractivity contribution >= 4 is 46.2 Å². The minimum Gasteiger partial charge on any atom is -0.485 e. The van der Waals surface area contributed by atoms with Gasteiger partial charge in [0.25, 0.3) is 5.91 Å². The van der Waals surface area contributed by atoms with E-state index in [4.69, 9.17) is 37.4 Å². The molecule has 4 aromatic rings. The molecule has 0 bridgehead atoms. The maximum atomic E-state index is 12.9. The number of rotatable bonds is 11. The number of halogens is 2. The van der Waals surface area contributed by atoms with E-state index in [9.17, 15) is 9.59 Å². The summed E-state index contributed by atoms with van der Waals surface area (Å²) < 4.78 is 17.3. The molecule has 0 saturated heterocycles. The van der Waals surface area contributed by atoms with Crippen molar-refractivity contribution in [2.24, 2.45) is 0 Å². The van der Waals surface area contributed by atoms with Gasteiger partial charge < -0.3 is 29.8 Å². The highest BCUT2D eigenvalue weighted by atomic mass is 35.5. The topological polar surface area (TPSA) is 115 Å². The van der Waals surface area contributed by atoms with Crippen LogP contribution in [0.5, 0.6) is 11.5 Å². The summed E-state index contributed by atoms with van der Waals surface area (Å²) in [5.41, 5.74) is 2.30. The molecule has 216 valence electrons. The third-order valence-corrected chi connectivity index (χ3v) is 6.30. The number of ether oxygens (including phenoxy) is 3. The third kappa shape index (κ3) is 9.03. The zero-order chi connectivity index (χ0) is 29.4. The standard InChI is InChI=1S/C30H32Cl2N4O5/c1-30(2,3)41-29(38)34-14-6-13-33-28(37)19-10-12-25(40-18-27-35-23-7-4-5-8-24(23)36-27)26(15-19)39-17-20-9-11-21(31)16-22(20)32/h4-5,7-12,15-16H,6,13-14,17-18H2,1-3H3,(H,33,37)(H,34,38)(H,35,36). The molecule has 0 atom stereocenters. The molecule has 41 heavy (non-hydrogen) atoms. The SMILES string of the molecule is CC(C)(C)OC(=O)NCCCNC(=O)c1ccc(OCc2nc3ccccc3[nH]2)c(OCc2ccc(Cl)cc2Cl)c1. The molecule has 1 aromatic heterocycles. The lowest BCUT2D eigenvalue weighted by atomic mass is 10.2. The normalized spacial score (nSPS) is 11.2. The van der Waals surface area contributed by atoms with Gasteiger partial charge in [-0.3, -0.25) is 4.79 Å². The first-order valence-electron chi connectivity index (χ1n) is 13.1. The van der Waals surface area contributed by atoms with Gasteiger partial charge in [0.15, 0.2) is 11.5 Å². The summed E-state index contributed by atoms with van der Waals surface area (Å²) in [5.74, 6) is 1.17. The second-order valence-corrected chi connectivity index (χ2v) is 11.1. The van der Waals surface area contributed by atoms with Crippen LogP contribution in [0.15, 0.2) is 60.7 Å². The fraction of sp³-hybridized carbons (Fsp3) is 0.300. The molecule has 3 aromatic carbocycles. The maximum absolute atomic E-state index is 12.9. The van der Waals surface area contributed by atoms with Crippen LogP contribution in [0.1, 0.15) is 48.9 Å². The molecular weight excluding hydrogens is 567 g/mol. The number of aromatic nitrogens is 2. The zero-order valence-corrected chi connectivity index (χ0v) is 24.6. The van der Waals surface area contributed by atoms with Crippen molar-refractivity contribution in [2.75, 3.05) is 13.1 Å². The van der Waals surface area contributed by atoms with Crippen LogP contribution in [-0.2, 0) is 18.0 Å². The Morgan fingerprint density at radius 1 is 0.902 bits per heavy atom. The van der Waals surface area contributed by atoms with Crippen molar-refractivity contribution in [2.45, 2.75) is 46.0 Å². The Morgan fingerprint density at radius 2 is 1.66 bits per heavy atom. The van der Waals surface area contributed by atoms with Gasteiger partial charge in [0, 0.05) is 34.3 Å². The van der Waals surface area contributed by atoms with E-state index in [1.165, 1.54) is 0 Å². The molecule has 2 amide bonds. The number of carbonyl (C=O) groups is 2.